The number of para-hydroxylation sites is 1. The zero-order chi connectivity index (χ0) is 18.1. The lowest BCUT2D eigenvalue weighted by Crippen LogP contribution is -2.44. The summed E-state index contributed by atoms with van der Waals surface area (Å²) in [6, 6.07) is 8.46. The summed E-state index contributed by atoms with van der Waals surface area (Å²) >= 11 is 0. The first-order valence-corrected chi connectivity index (χ1v) is 8.68. The molecule has 0 unspecified atom stereocenters. The number of carbonyl (C=O) groups is 2. The second kappa shape index (κ2) is 9.57. The molecule has 0 aliphatic rings. The summed E-state index contributed by atoms with van der Waals surface area (Å²) in [5, 5.41) is 3.64. The molecule has 0 radical (unpaired) electrons. The minimum Gasteiger partial charge on any atom is -0.368 e. The molecule has 2 rings (SSSR count). The number of fused-ring (bicyclic) bond motifs is 1. The number of rotatable bonds is 10. The number of pyridine rings is 1. The van der Waals surface area contributed by atoms with Crippen LogP contribution >= 0.6 is 0 Å². The zero-order valence-corrected chi connectivity index (χ0v) is 14.4. The Morgan fingerprint density at radius 1 is 1.16 bits per heavy atom. The number of unbranched alkanes of at least 4 members (excludes halogenated alkanes) is 4. The van der Waals surface area contributed by atoms with Gasteiger partial charge < -0.3 is 11.1 Å². The summed E-state index contributed by atoms with van der Waals surface area (Å²) in [6.45, 7) is 3.70. The van der Waals surface area contributed by atoms with Gasteiger partial charge in [-0.15, -0.1) is 6.58 Å². The predicted molar refractivity (Wildman–Crippen MR) is 100 cm³/mol. The third-order valence-electron chi connectivity index (χ3n) is 4.18. The fourth-order valence-electron chi connectivity index (χ4n) is 2.80. The van der Waals surface area contributed by atoms with Crippen molar-refractivity contribution >= 4 is 22.7 Å². The normalized spacial score (nSPS) is 11.8. The molecule has 5 heteroatoms. The summed E-state index contributed by atoms with van der Waals surface area (Å²) in [7, 11) is 0. The van der Waals surface area contributed by atoms with Crippen molar-refractivity contribution in [3.05, 3.63) is 54.7 Å². The summed E-state index contributed by atoms with van der Waals surface area (Å²) in [5.41, 5.74) is 6.53. The van der Waals surface area contributed by atoms with Crippen molar-refractivity contribution in [2.75, 3.05) is 0 Å². The molecule has 1 aromatic heterocycles. The van der Waals surface area contributed by atoms with Crippen LogP contribution in [-0.2, 0) is 4.79 Å². The molecule has 0 spiro atoms. The smallest absolute Gasteiger partial charge is 0.254 e. The number of hydrogen-bond donors (Lipinski definition) is 2. The molecule has 3 N–H and O–H groups in total. The largest absolute Gasteiger partial charge is 0.368 e. The minimum absolute atomic E-state index is 0.320. The van der Waals surface area contributed by atoms with Crippen molar-refractivity contribution in [3.63, 3.8) is 0 Å². The van der Waals surface area contributed by atoms with Crippen molar-refractivity contribution < 1.29 is 9.59 Å². The van der Waals surface area contributed by atoms with Gasteiger partial charge in [0.15, 0.2) is 0 Å². The van der Waals surface area contributed by atoms with Crippen LogP contribution in [0, 0.1) is 0 Å². The van der Waals surface area contributed by atoms with Crippen molar-refractivity contribution in [1.29, 1.82) is 0 Å². The molecule has 1 aromatic carbocycles. The fraction of sp³-hybridized carbons (Fsp3) is 0.350. The Kier molecular flexibility index (Phi) is 7.14. The lowest BCUT2D eigenvalue weighted by Gasteiger charge is -2.16. The van der Waals surface area contributed by atoms with Crippen molar-refractivity contribution in [1.82, 2.24) is 10.3 Å². The van der Waals surface area contributed by atoms with E-state index in [0.29, 0.717) is 17.5 Å². The standard InChI is InChI=1S/C20H25N3O2/c1-2-3-4-5-6-7-13-17(19(21)24)23-20(25)16-12-8-10-15-11-9-14-22-18(15)16/h2,8-12,14,17H,1,3-7,13H2,(H2,21,24)(H,23,25)/t17-/m0/s1. The number of nitrogens with two attached hydrogens (primary N) is 1. The summed E-state index contributed by atoms with van der Waals surface area (Å²) in [5.74, 6) is -0.826. The predicted octanol–water partition coefficient (Wildman–Crippen LogP) is 3.35. The number of benzene rings is 1. The first kappa shape index (κ1) is 18.6. The number of aromatic nitrogens is 1. The fourth-order valence-corrected chi connectivity index (χ4v) is 2.80. The van der Waals surface area contributed by atoms with Crippen LogP contribution in [-0.4, -0.2) is 22.8 Å². The number of amides is 2. The number of nitrogens with zero attached hydrogens (tertiary/aromatic N) is 1. The van der Waals surface area contributed by atoms with Gasteiger partial charge in [0, 0.05) is 11.6 Å². The van der Waals surface area contributed by atoms with Crippen LogP contribution in [0.5, 0.6) is 0 Å². The quantitative estimate of drug-likeness (QED) is 0.514. The Morgan fingerprint density at radius 2 is 1.92 bits per heavy atom. The molecule has 0 bridgehead atoms. The van der Waals surface area contributed by atoms with Crippen LogP contribution in [0.1, 0.15) is 48.9 Å². The molecule has 0 saturated carbocycles. The van der Waals surface area contributed by atoms with E-state index in [9.17, 15) is 9.59 Å². The van der Waals surface area contributed by atoms with Gasteiger partial charge >= 0.3 is 0 Å². The van der Waals surface area contributed by atoms with Crippen molar-refractivity contribution in [3.8, 4) is 0 Å². The van der Waals surface area contributed by atoms with Gasteiger partial charge in [-0.25, -0.2) is 0 Å². The van der Waals surface area contributed by atoms with Crippen LogP contribution in [0.3, 0.4) is 0 Å². The summed E-state index contributed by atoms with van der Waals surface area (Å²) in [6.07, 6.45) is 9.13. The number of hydrogen-bond acceptors (Lipinski definition) is 3. The van der Waals surface area contributed by atoms with Crippen molar-refractivity contribution in [2.24, 2.45) is 5.73 Å². The monoisotopic (exact) mass is 339 g/mol. The van der Waals surface area contributed by atoms with Gasteiger partial charge in [-0.2, -0.15) is 0 Å². The molecule has 2 amide bonds. The Labute approximate surface area is 148 Å². The molecule has 25 heavy (non-hydrogen) atoms. The molecule has 1 atom stereocenters. The van der Waals surface area contributed by atoms with E-state index < -0.39 is 11.9 Å². The molecule has 2 aromatic rings. The van der Waals surface area contributed by atoms with Gasteiger partial charge in [-0.1, -0.05) is 43.5 Å². The third kappa shape index (κ3) is 5.41. The van der Waals surface area contributed by atoms with E-state index in [1.54, 1.807) is 18.3 Å². The number of carbonyl (C=O) groups excluding carboxylic acids is 2. The van der Waals surface area contributed by atoms with Crippen LogP contribution in [0.25, 0.3) is 10.9 Å². The Balaban J connectivity index is 1.97. The summed E-state index contributed by atoms with van der Waals surface area (Å²) < 4.78 is 0. The van der Waals surface area contributed by atoms with E-state index in [4.69, 9.17) is 5.73 Å². The molecule has 1 heterocycles. The lowest BCUT2D eigenvalue weighted by molar-refractivity contribution is -0.120. The molecule has 0 saturated heterocycles. The van der Waals surface area contributed by atoms with Gasteiger partial charge in [-0.05, 0) is 31.4 Å². The van der Waals surface area contributed by atoms with Gasteiger partial charge in [0.1, 0.15) is 6.04 Å². The second-order valence-corrected chi connectivity index (χ2v) is 6.09. The Bertz CT molecular complexity index is 737. The number of nitrogens with one attached hydrogen (secondary N) is 1. The molecule has 132 valence electrons. The minimum atomic E-state index is -0.661. The van der Waals surface area contributed by atoms with Gasteiger partial charge in [-0.3, -0.25) is 14.6 Å². The highest BCUT2D eigenvalue weighted by Gasteiger charge is 2.20. The second-order valence-electron chi connectivity index (χ2n) is 6.09. The number of allylic oxidation sites excluding steroid dienone is 1. The van der Waals surface area contributed by atoms with Crippen LogP contribution in [0.2, 0.25) is 0 Å². The summed E-state index contributed by atoms with van der Waals surface area (Å²) in [4.78, 5) is 28.5. The van der Waals surface area contributed by atoms with E-state index in [0.717, 1.165) is 37.5 Å². The molecule has 0 fully saturated rings. The van der Waals surface area contributed by atoms with Gasteiger partial charge in [0.25, 0.3) is 5.91 Å². The van der Waals surface area contributed by atoms with Gasteiger partial charge in [0.2, 0.25) is 5.91 Å². The Hall–Kier alpha value is -2.69. The molecule has 0 aliphatic carbocycles. The third-order valence-corrected chi connectivity index (χ3v) is 4.18. The van der Waals surface area contributed by atoms with Crippen LogP contribution in [0.15, 0.2) is 49.2 Å². The van der Waals surface area contributed by atoms with Crippen molar-refractivity contribution in [2.45, 2.75) is 44.6 Å². The zero-order valence-electron chi connectivity index (χ0n) is 14.4. The van der Waals surface area contributed by atoms with E-state index in [1.807, 2.05) is 24.3 Å². The van der Waals surface area contributed by atoms with E-state index in [-0.39, 0.29) is 5.91 Å². The lowest BCUT2D eigenvalue weighted by atomic mass is 10.0. The first-order valence-electron chi connectivity index (χ1n) is 8.68. The van der Waals surface area contributed by atoms with E-state index in [2.05, 4.69) is 16.9 Å². The molecule has 5 nitrogen and oxygen atoms in total. The maximum Gasteiger partial charge on any atom is 0.254 e. The molecular formula is C20H25N3O2. The highest BCUT2D eigenvalue weighted by molar-refractivity contribution is 6.06. The molecular weight excluding hydrogens is 314 g/mol. The SMILES string of the molecule is C=CCCCCCC[C@H](NC(=O)c1cccc2cccnc12)C(N)=O. The van der Waals surface area contributed by atoms with Crippen LogP contribution in [0.4, 0.5) is 0 Å². The van der Waals surface area contributed by atoms with Gasteiger partial charge in [0.05, 0.1) is 11.1 Å². The average Bonchev–Trinajstić information content (AvgIpc) is 2.62. The first-order chi connectivity index (χ1) is 12.1. The highest BCUT2D eigenvalue weighted by atomic mass is 16.2. The highest BCUT2D eigenvalue weighted by Crippen LogP contribution is 2.16. The average molecular weight is 339 g/mol. The maximum atomic E-state index is 12.6. The van der Waals surface area contributed by atoms with E-state index >= 15 is 0 Å². The topological polar surface area (TPSA) is 85.1 Å². The molecule has 0 aliphatic heterocycles. The Morgan fingerprint density at radius 3 is 2.68 bits per heavy atom. The maximum absolute atomic E-state index is 12.6. The van der Waals surface area contributed by atoms with E-state index in [1.165, 1.54) is 0 Å². The van der Waals surface area contributed by atoms with Crippen LogP contribution < -0.4 is 11.1 Å². The number of primary amides is 1.